The summed E-state index contributed by atoms with van der Waals surface area (Å²) >= 11 is 0. The number of aryl methyl sites for hydroxylation is 1. The molecule has 1 fully saturated rings. The summed E-state index contributed by atoms with van der Waals surface area (Å²) in [7, 11) is 0. The highest BCUT2D eigenvalue weighted by Gasteiger charge is 2.16. The fraction of sp³-hybridized carbons (Fsp3) is 0.250. The first-order valence-corrected chi connectivity index (χ1v) is 8.01. The van der Waals surface area contributed by atoms with Crippen LogP contribution in [0.5, 0.6) is 0 Å². The zero-order valence-electron chi connectivity index (χ0n) is 13.7. The van der Waals surface area contributed by atoms with Crippen molar-refractivity contribution >= 4 is 12.0 Å². The van der Waals surface area contributed by atoms with E-state index in [2.05, 4.69) is 5.32 Å². The molecule has 4 heteroatoms. The molecule has 3 rings (SSSR count). The Hall–Kier alpha value is -2.49. The van der Waals surface area contributed by atoms with Crippen molar-refractivity contribution in [1.82, 2.24) is 5.32 Å². The normalized spacial score (nSPS) is 16.3. The Balaban J connectivity index is 2.09. The first-order valence-electron chi connectivity index (χ1n) is 8.01. The summed E-state index contributed by atoms with van der Waals surface area (Å²) in [6.45, 7) is 4.60. The van der Waals surface area contributed by atoms with E-state index in [4.69, 9.17) is 0 Å². The molecule has 2 nitrogen and oxygen atoms in total. The van der Waals surface area contributed by atoms with Crippen LogP contribution in [-0.2, 0) is 4.79 Å². The van der Waals surface area contributed by atoms with E-state index in [1.54, 1.807) is 6.07 Å². The van der Waals surface area contributed by atoms with Crippen molar-refractivity contribution in [3.63, 3.8) is 0 Å². The molecule has 24 heavy (non-hydrogen) atoms. The number of carbonyl (C=O) groups is 1. The minimum Gasteiger partial charge on any atom is -0.352 e. The van der Waals surface area contributed by atoms with Gasteiger partial charge in [0, 0.05) is 12.1 Å². The van der Waals surface area contributed by atoms with Gasteiger partial charge in [-0.15, -0.1) is 0 Å². The second kappa shape index (κ2) is 6.56. The quantitative estimate of drug-likeness (QED) is 0.806. The molecule has 1 amide bonds. The zero-order valence-corrected chi connectivity index (χ0v) is 13.7. The monoisotopic (exact) mass is 327 g/mol. The average Bonchev–Trinajstić information content (AvgIpc) is 2.55. The molecule has 1 saturated heterocycles. The lowest BCUT2D eigenvalue weighted by Crippen LogP contribution is -2.30. The van der Waals surface area contributed by atoms with Crippen molar-refractivity contribution in [2.75, 3.05) is 6.54 Å². The van der Waals surface area contributed by atoms with Gasteiger partial charge in [-0.3, -0.25) is 4.79 Å². The van der Waals surface area contributed by atoms with Crippen LogP contribution in [0.25, 0.3) is 17.2 Å². The van der Waals surface area contributed by atoms with Gasteiger partial charge in [0.2, 0.25) is 5.91 Å². The van der Waals surface area contributed by atoms with Crippen LogP contribution in [0, 0.1) is 25.5 Å². The van der Waals surface area contributed by atoms with Gasteiger partial charge in [0.1, 0.15) is 0 Å². The van der Waals surface area contributed by atoms with Crippen molar-refractivity contribution in [1.29, 1.82) is 0 Å². The van der Waals surface area contributed by atoms with Crippen molar-refractivity contribution in [3.8, 4) is 11.1 Å². The van der Waals surface area contributed by atoms with Crippen LogP contribution in [0.4, 0.5) is 8.78 Å². The summed E-state index contributed by atoms with van der Waals surface area (Å²) in [6.07, 6.45) is 3.58. The van der Waals surface area contributed by atoms with E-state index >= 15 is 0 Å². The Morgan fingerprint density at radius 2 is 1.88 bits per heavy atom. The molecule has 0 aliphatic carbocycles. The summed E-state index contributed by atoms with van der Waals surface area (Å²) in [5.41, 5.74) is 5.11. The third-order valence-electron chi connectivity index (χ3n) is 4.35. The van der Waals surface area contributed by atoms with E-state index in [9.17, 15) is 13.6 Å². The van der Waals surface area contributed by atoms with Crippen LogP contribution < -0.4 is 5.32 Å². The van der Waals surface area contributed by atoms with E-state index in [0.717, 1.165) is 46.7 Å². The van der Waals surface area contributed by atoms with Crippen LogP contribution >= 0.6 is 0 Å². The first kappa shape index (κ1) is 16.4. The van der Waals surface area contributed by atoms with Gasteiger partial charge in [-0.05, 0) is 72.7 Å². The van der Waals surface area contributed by atoms with E-state index in [1.165, 1.54) is 6.07 Å². The molecule has 124 valence electrons. The van der Waals surface area contributed by atoms with Gasteiger partial charge in [-0.25, -0.2) is 8.78 Å². The van der Waals surface area contributed by atoms with Gasteiger partial charge in [-0.2, -0.15) is 0 Å². The van der Waals surface area contributed by atoms with Gasteiger partial charge < -0.3 is 5.32 Å². The summed E-state index contributed by atoms with van der Waals surface area (Å²) in [5.74, 6) is -1.75. The topological polar surface area (TPSA) is 29.1 Å². The lowest BCUT2D eigenvalue weighted by Gasteiger charge is -2.16. The van der Waals surface area contributed by atoms with Crippen molar-refractivity contribution in [2.24, 2.45) is 0 Å². The zero-order chi connectivity index (χ0) is 17.3. The van der Waals surface area contributed by atoms with E-state index in [1.807, 2.05) is 32.1 Å². The second-order valence-corrected chi connectivity index (χ2v) is 6.18. The first-order chi connectivity index (χ1) is 11.5. The lowest BCUT2D eigenvalue weighted by molar-refractivity contribution is -0.118. The molecule has 1 aliphatic heterocycles. The summed E-state index contributed by atoms with van der Waals surface area (Å²) in [6, 6.07) is 7.88. The highest BCUT2D eigenvalue weighted by molar-refractivity contribution is 5.98. The number of hydrogen-bond donors (Lipinski definition) is 1. The Morgan fingerprint density at radius 3 is 2.58 bits per heavy atom. The molecule has 1 N–H and O–H groups in total. The van der Waals surface area contributed by atoms with Crippen molar-refractivity contribution in [2.45, 2.75) is 26.7 Å². The number of nitrogens with one attached hydrogen (secondary N) is 1. The summed E-state index contributed by atoms with van der Waals surface area (Å²) in [4.78, 5) is 12.0. The SMILES string of the molecule is Cc1cc(/C=C2\CCCNC2=O)c(C)c(-c2ccc(F)c(F)c2)c1. The molecule has 0 spiro atoms. The predicted molar refractivity (Wildman–Crippen MR) is 91.5 cm³/mol. The lowest BCUT2D eigenvalue weighted by atomic mass is 9.92. The molecule has 0 aromatic heterocycles. The Bertz CT molecular complexity index is 840. The smallest absolute Gasteiger partial charge is 0.247 e. The Labute approximate surface area is 140 Å². The van der Waals surface area contributed by atoms with Crippen LogP contribution in [0.2, 0.25) is 0 Å². The highest BCUT2D eigenvalue weighted by atomic mass is 19.2. The molecule has 2 aromatic rings. The molecule has 2 aromatic carbocycles. The van der Waals surface area contributed by atoms with Gasteiger partial charge >= 0.3 is 0 Å². The summed E-state index contributed by atoms with van der Waals surface area (Å²) in [5, 5.41) is 2.85. The van der Waals surface area contributed by atoms with Gasteiger partial charge in [0.25, 0.3) is 0 Å². The van der Waals surface area contributed by atoms with Crippen LogP contribution in [-0.4, -0.2) is 12.5 Å². The predicted octanol–water partition coefficient (Wildman–Crippen LogP) is 4.54. The number of hydrogen-bond acceptors (Lipinski definition) is 1. The van der Waals surface area contributed by atoms with Crippen molar-refractivity contribution < 1.29 is 13.6 Å². The van der Waals surface area contributed by atoms with E-state index in [0.29, 0.717) is 12.1 Å². The molecular formula is C20H19F2NO. The number of carbonyl (C=O) groups excluding carboxylic acids is 1. The van der Waals surface area contributed by atoms with Gasteiger partial charge in [-0.1, -0.05) is 18.2 Å². The standard InChI is InChI=1S/C20H19F2NO/c1-12-8-16(10-15-4-3-7-23-20(15)24)13(2)17(9-12)14-5-6-18(21)19(22)11-14/h5-6,8-11H,3-4,7H2,1-2H3,(H,23,24)/b15-10+. The molecule has 0 radical (unpaired) electrons. The summed E-state index contributed by atoms with van der Waals surface area (Å²) < 4.78 is 26.8. The fourth-order valence-electron chi connectivity index (χ4n) is 3.03. The number of rotatable bonds is 2. The maximum atomic E-state index is 13.6. The average molecular weight is 327 g/mol. The third-order valence-corrected chi connectivity index (χ3v) is 4.35. The minimum absolute atomic E-state index is 0.0310. The third kappa shape index (κ3) is 3.23. The van der Waals surface area contributed by atoms with Gasteiger partial charge in [0.15, 0.2) is 11.6 Å². The van der Waals surface area contributed by atoms with E-state index < -0.39 is 11.6 Å². The van der Waals surface area contributed by atoms with Crippen LogP contribution in [0.3, 0.4) is 0 Å². The minimum atomic E-state index is -0.861. The van der Waals surface area contributed by atoms with Crippen molar-refractivity contribution in [3.05, 3.63) is 64.2 Å². The molecule has 0 bridgehead atoms. The maximum absolute atomic E-state index is 13.6. The molecule has 0 atom stereocenters. The van der Waals surface area contributed by atoms with E-state index in [-0.39, 0.29) is 5.91 Å². The molecule has 1 aliphatic rings. The maximum Gasteiger partial charge on any atom is 0.247 e. The molecular weight excluding hydrogens is 308 g/mol. The molecule has 0 saturated carbocycles. The largest absolute Gasteiger partial charge is 0.352 e. The number of halogens is 2. The Kier molecular flexibility index (Phi) is 4.47. The van der Waals surface area contributed by atoms with Crippen LogP contribution in [0.15, 0.2) is 35.9 Å². The van der Waals surface area contributed by atoms with Gasteiger partial charge in [0.05, 0.1) is 0 Å². The highest BCUT2D eigenvalue weighted by Crippen LogP contribution is 2.30. The fourth-order valence-corrected chi connectivity index (χ4v) is 3.03. The molecule has 1 heterocycles. The molecule has 0 unspecified atom stereocenters. The number of amides is 1. The second-order valence-electron chi connectivity index (χ2n) is 6.18. The number of piperidine rings is 1. The Morgan fingerprint density at radius 1 is 1.08 bits per heavy atom. The number of benzene rings is 2. The van der Waals surface area contributed by atoms with Crippen LogP contribution in [0.1, 0.15) is 29.5 Å².